The zero-order valence-electron chi connectivity index (χ0n) is 10.00. The lowest BCUT2D eigenvalue weighted by Crippen LogP contribution is -2.32. The highest BCUT2D eigenvalue weighted by atomic mass is 32.2. The highest BCUT2D eigenvalue weighted by Crippen LogP contribution is 2.32. The van der Waals surface area contributed by atoms with Crippen molar-refractivity contribution >= 4 is 27.3 Å². The monoisotopic (exact) mass is 289 g/mol. The van der Waals surface area contributed by atoms with E-state index in [1.807, 2.05) is 0 Å². The Morgan fingerprint density at radius 3 is 2.61 bits per heavy atom. The number of thiophene rings is 1. The van der Waals surface area contributed by atoms with Crippen molar-refractivity contribution in [2.24, 2.45) is 5.92 Å². The molecule has 5 nitrogen and oxygen atoms in total. The minimum absolute atomic E-state index is 0.0519. The van der Waals surface area contributed by atoms with E-state index < -0.39 is 16.0 Å². The summed E-state index contributed by atoms with van der Waals surface area (Å²) in [6, 6.07) is 2.71. The van der Waals surface area contributed by atoms with Gasteiger partial charge in [-0.05, 0) is 30.9 Å². The van der Waals surface area contributed by atoms with Crippen molar-refractivity contribution in [3.8, 4) is 0 Å². The maximum atomic E-state index is 12.3. The van der Waals surface area contributed by atoms with Crippen molar-refractivity contribution in [1.82, 2.24) is 4.31 Å². The van der Waals surface area contributed by atoms with Crippen LogP contribution in [0, 0.1) is 5.92 Å². The van der Waals surface area contributed by atoms with E-state index in [2.05, 4.69) is 0 Å². The Morgan fingerprint density at radius 1 is 1.50 bits per heavy atom. The number of hydrogen-bond donors (Lipinski definition) is 1. The lowest BCUT2D eigenvalue weighted by atomic mass is 10.4. The van der Waals surface area contributed by atoms with Crippen molar-refractivity contribution in [1.29, 1.82) is 0 Å². The van der Waals surface area contributed by atoms with E-state index in [1.54, 1.807) is 6.92 Å². The first-order valence-corrected chi connectivity index (χ1v) is 8.04. The third-order valence-corrected chi connectivity index (χ3v) is 6.38. The molecule has 0 bridgehead atoms. The maximum Gasteiger partial charge on any atom is 0.345 e. The van der Waals surface area contributed by atoms with E-state index in [1.165, 1.54) is 16.4 Å². The summed E-state index contributed by atoms with van der Waals surface area (Å²) in [5.74, 6) is -0.620. The van der Waals surface area contributed by atoms with Crippen LogP contribution in [-0.4, -0.2) is 36.9 Å². The van der Waals surface area contributed by atoms with Crippen molar-refractivity contribution in [2.45, 2.75) is 24.0 Å². The summed E-state index contributed by atoms with van der Waals surface area (Å²) in [5, 5.41) is 8.82. The van der Waals surface area contributed by atoms with Crippen molar-refractivity contribution in [2.75, 3.05) is 13.1 Å². The Bertz CT molecular complexity index is 545. The van der Waals surface area contributed by atoms with Crippen LogP contribution in [0.4, 0.5) is 0 Å². The molecule has 1 aliphatic carbocycles. The summed E-state index contributed by atoms with van der Waals surface area (Å²) in [6.07, 6.45) is 2.16. The number of carboxylic acid groups (broad SMARTS) is 1. The molecular weight excluding hydrogens is 274 g/mol. The predicted molar refractivity (Wildman–Crippen MR) is 68.4 cm³/mol. The molecule has 7 heteroatoms. The highest BCUT2D eigenvalue weighted by molar-refractivity contribution is 7.91. The third kappa shape index (κ3) is 2.73. The molecule has 1 heterocycles. The molecule has 1 aromatic heterocycles. The van der Waals surface area contributed by atoms with Gasteiger partial charge in [0.25, 0.3) is 10.0 Å². The minimum atomic E-state index is -3.53. The number of aromatic carboxylic acids is 1. The Hall–Kier alpha value is -0.920. The van der Waals surface area contributed by atoms with Gasteiger partial charge in [0, 0.05) is 13.1 Å². The maximum absolute atomic E-state index is 12.3. The minimum Gasteiger partial charge on any atom is -0.477 e. The lowest BCUT2D eigenvalue weighted by molar-refractivity contribution is 0.0702. The molecular formula is C11H15NO4S2. The molecule has 1 N–H and O–H groups in total. The molecule has 0 unspecified atom stereocenters. The van der Waals surface area contributed by atoms with Gasteiger partial charge in [0.05, 0.1) is 0 Å². The van der Waals surface area contributed by atoms with Gasteiger partial charge in [-0.25, -0.2) is 13.2 Å². The molecule has 1 aliphatic rings. The Kier molecular flexibility index (Phi) is 3.74. The van der Waals surface area contributed by atoms with Gasteiger partial charge >= 0.3 is 5.97 Å². The number of rotatable bonds is 6. The first-order valence-electron chi connectivity index (χ1n) is 5.78. The van der Waals surface area contributed by atoms with Crippen LogP contribution >= 0.6 is 11.3 Å². The van der Waals surface area contributed by atoms with Crippen molar-refractivity contribution < 1.29 is 18.3 Å². The van der Waals surface area contributed by atoms with Gasteiger partial charge in [-0.2, -0.15) is 4.31 Å². The van der Waals surface area contributed by atoms with Crippen LogP contribution in [0.25, 0.3) is 0 Å². The molecule has 0 atom stereocenters. The van der Waals surface area contributed by atoms with E-state index in [0.29, 0.717) is 19.0 Å². The second-order valence-corrected chi connectivity index (χ2v) is 7.57. The standard InChI is InChI=1S/C11H15NO4S2/c1-2-12(7-8-3-4-8)18(15,16)10-6-5-9(17-10)11(13)14/h5-6,8H,2-4,7H2,1H3,(H,13,14). The quantitative estimate of drug-likeness (QED) is 0.867. The summed E-state index contributed by atoms with van der Waals surface area (Å²) < 4.78 is 26.2. The van der Waals surface area contributed by atoms with E-state index >= 15 is 0 Å². The van der Waals surface area contributed by atoms with Crippen LogP contribution in [-0.2, 0) is 10.0 Å². The molecule has 100 valence electrons. The second kappa shape index (κ2) is 4.99. The second-order valence-electron chi connectivity index (χ2n) is 4.32. The van der Waals surface area contributed by atoms with Gasteiger partial charge in [0.2, 0.25) is 0 Å². The van der Waals surface area contributed by atoms with Crippen LogP contribution in [0.15, 0.2) is 16.3 Å². The summed E-state index contributed by atoms with van der Waals surface area (Å²) in [7, 11) is -3.53. The van der Waals surface area contributed by atoms with Crippen LogP contribution in [0.1, 0.15) is 29.4 Å². The number of sulfonamides is 1. The Balaban J connectivity index is 2.23. The van der Waals surface area contributed by atoms with Crippen LogP contribution in [0.2, 0.25) is 0 Å². The van der Waals surface area contributed by atoms with Crippen LogP contribution in [0.5, 0.6) is 0 Å². The number of nitrogens with zero attached hydrogens (tertiary/aromatic N) is 1. The first kappa shape index (κ1) is 13.5. The van der Waals surface area contributed by atoms with Gasteiger partial charge in [0.1, 0.15) is 9.09 Å². The zero-order chi connectivity index (χ0) is 13.3. The predicted octanol–water partition coefficient (Wildman–Crippen LogP) is 1.87. The van der Waals surface area contributed by atoms with E-state index in [0.717, 1.165) is 24.2 Å². The molecule has 0 amide bonds. The van der Waals surface area contributed by atoms with Gasteiger partial charge in [-0.1, -0.05) is 6.92 Å². The summed E-state index contributed by atoms with van der Waals surface area (Å²) >= 11 is 0.810. The summed E-state index contributed by atoms with van der Waals surface area (Å²) in [5.41, 5.74) is 0. The summed E-state index contributed by atoms with van der Waals surface area (Å²) in [4.78, 5) is 10.8. The topological polar surface area (TPSA) is 74.7 Å². The molecule has 2 rings (SSSR count). The SMILES string of the molecule is CCN(CC1CC1)S(=O)(=O)c1ccc(C(=O)O)s1. The van der Waals surface area contributed by atoms with E-state index in [-0.39, 0.29) is 9.09 Å². The largest absolute Gasteiger partial charge is 0.477 e. The smallest absolute Gasteiger partial charge is 0.345 e. The van der Waals surface area contributed by atoms with Crippen LogP contribution < -0.4 is 0 Å². The molecule has 1 fully saturated rings. The van der Waals surface area contributed by atoms with Gasteiger partial charge in [-0.15, -0.1) is 11.3 Å². The lowest BCUT2D eigenvalue weighted by Gasteiger charge is -2.18. The first-order chi connectivity index (χ1) is 8.45. The molecule has 0 aliphatic heterocycles. The molecule has 1 aromatic rings. The molecule has 0 spiro atoms. The normalized spacial score (nSPS) is 16.1. The van der Waals surface area contributed by atoms with Gasteiger partial charge < -0.3 is 5.11 Å². The summed E-state index contributed by atoms with van der Waals surface area (Å²) in [6.45, 7) is 2.75. The van der Waals surface area contributed by atoms with Crippen molar-refractivity contribution in [3.63, 3.8) is 0 Å². The molecule has 0 saturated heterocycles. The van der Waals surface area contributed by atoms with E-state index in [4.69, 9.17) is 5.11 Å². The molecule has 0 radical (unpaired) electrons. The molecule has 18 heavy (non-hydrogen) atoms. The molecule has 1 saturated carbocycles. The average molecular weight is 289 g/mol. The highest BCUT2D eigenvalue weighted by Gasteiger charge is 2.31. The van der Waals surface area contributed by atoms with Gasteiger partial charge in [0.15, 0.2) is 0 Å². The third-order valence-electron chi connectivity index (χ3n) is 2.90. The molecule has 0 aromatic carbocycles. The number of carbonyl (C=O) groups is 1. The average Bonchev–Trinajstić information content (AvgIpc) is 2.97. The van der Waals surface area contributed by atoms with E-state index in [9.17, 15) is 13.2 Å². The van der Waals surface area contributed by atoms with Gasteiger partial charge in [-0.3, -0.25) is 0 Å². The number of carboxylic acids is 1. The Morgan fingerprint density at radius 2 is 2.17 bits per heavy atom. The fourth-order valence-electron chi connectivity index (χ4n) is 1.69. The van der Waals surface area contributed by atoms with Crippen LogP contribution in [0.3, 0.4) is 0 Å². The van der Waals surface area contributed by atoms with Crippen molar-refractivity contribution in [3.05, 3.63) is 17.0 Å². The fraction of sp³-hybridized carbons (Fsp3) is 0.545. The zero-order valence-corrected chi connectivity index (χ0v) is 11.6. The number of hydrogen-bond acceptors (Lipinski definition) is 4. The Labute approximate surface area is 110 Å². The fourth-order valence-corrected chi connectivity index (χ4v) is 4.51.